The van der Waals surface area contributed by atoms with Crippen molar-refractivity contribution in [1.82, 2.24) is 0 Å². The minimum absolute atomic E-state index is 0.230. The molecule has 0 spiro atoms. The van der Waals surface area contributed by atoms with Crippen LogP contribution in [0.3, 0.4) is 0 Å². The van der Waals surface area contributed by atoms with E-state index in [1.165, 1.54) is 19.3 Å². The summed E-state index contributed by atoms with van der Waals surface area (Å²) in [6.07, 6.45) is 9.32. The molecule has 4 N–H and O–H groups in total. The number of nitrogens with two attached hydrogens (primary N) is 2. The second-order valence-corrected chi connectivity index (χ2v) is 4.52. The number of unbranched alkanes of at least 4 members (excludes halogenated alkanes) is 5. The van der Waals surface area contributed by atoms with E-state index in [1.807, 2.05) is 0 Å². The van der Waals surface area contributed by atoms with Gasteiger partial charge in [-0.25, -0.2) is 0 Å². The Hall–Kier alpha value is -0.410. The van der Waals surface area contributed by atoms with Gasteiger partial charge in [-0.15, -0.1) is 0 Å². The Bertz CT molecular complexity index is 171. The van der Waals surface area contributed by atoms with Gasteiger partial charge in [-0.1, -0.05) is 39.0 Å². The van der Waals surface area contributed by atoms with Crippen LogP contribution in [0.25, 0.3) is 0 Å². The average Bonchev–Trinajstić information content (AvgIpc) is 2.28. The van der Waals surface area contributed by atoms with E-state index in [0.717, 1.165) is 32.1 Å². The van der Waals surface area contributed by atoms with Gasteiger partial charge in [-0.3, -0.25) is 4.79 Å². The van der Waals surface area contributed by atoms with Gasteiger partial charge in [-0.05, 0) is 25.8 Å². The highest BCUT2D eigenvalue weighted by Gasteiger charge is 2.11. The van der Waals surface area contributed by atoms with Crippen molar-refractivity contribution in [3.8, 4) is 0 Å². The zero-order valence-electron chi connectivity index (χ0n) is 10.7. The Morgan fingerprint density at radius 1 is 1.06 bits per heavy atom. The van der Waals surface area contributed by atoms with Crippen LogP contribution in [0, 0.1) is 0 Å². The van der Waals surface area contributed by atoms with Gasteiger partial charge in [0.1, 0.15) is 5.78 Å². The van der Waals surface area contributed by atoms with E-state index in [9.17, 15) is 4.79 Å². The fourth-order valence-corrected chi connectivity index (χ4v) is 1.76. The zero-order valence-corrected chi connectivity index (χ0v) is 10.7. The van der Waals surface area contributed by atoms with Crippen molar-refractivity contribution in [2.45, 2.75) is 70.8 Å². The molecule has 0 radical (unpaired) electrons. The van der Waals surface area contributed by atoms with Gasteiger partial charge in [-0.2, -0.15) is 0 Å². The summed E-state index contributed by atoms with van der Waals surface area (Å²) in [7, 11) is 0. The Kier molecular flexibility index (Phi) is 10.8. The monoisotopic (exact) mass is 228 g/mol. The first kappa shape index (κ1) is 15.6. The summed E-state index contributed by atoms with van der Waals surface area (Å²) in [6, 6.07) is -0.252. The molecule has 0 aromatic carbocycles. The van der Waals surface area contributed by atoms with Crippen molar-refractivity contribution < 1.29 is 4.79 Å². The fraction of sp³-hybridized carbons (Fsp3) is 0.923. The van der Waals surface area contributed by atoms with E-state index in [4.69, 9.17) is 11.5 Å². The largest absolute Gasteiger partial charge is 0.330 e. The number of carbonyl (C=O) groups excluding carboxylic acids is 1. The smallest absolute Gasteiger partial charge is 0.149 e. The summed E-state index contributed by atoms with van der Waals surface area (Å²) in [5.41, 5.74) is 11.2. The number of Topliss-reactive ketones (excluding diaryl/α,β-unsaturated/α-hetero) is 1. The van der Waals surface area contributed by atoms with Crippen molar-refractivity contribution in [2.24, 2.45) is 11.5 Å². The van der Waals surface area contributed by atoms with Crippen LogP contribution >= 0.6 is 0 Å². The molecule has 0 bridgehead atoms. The summed E-state index contributed by atoms with van der Waals surface area (Å²) in [4.78, 5) is 11.6. The fourth-order valence-electron chi connectivity index (χ4n) is 1.76. The molecule has 0 aromatic rings. The van der Waals surface area contributed by atoms with Crippen molar-refractivity contribution >= 4 is 5.78 Å². The minimum atomic E-state index is -0.252. The molecule has 0 aromatic heterocycles. The molecule has 0 unspecified atom stereocenters. The van der Waals surface area contributed by atoms with Gasteiger partial charge >= 0.3 is 0 Å². The average molecular weight is 228 g/mol. The molecule has 0 heterocycles. The van der Waals surface area contributed by atoms with Crippen LogP contribution in [0.5, 0.6) is 0 Å². The molecule has 3 heteroatoms. The number of hydrogen-bond donors (Lipinski definition) is 2. The molecule has 16 heavy (non-hydrogen) atoms. The Balaban J connectivity index is 3.40. The number of carbonyl (C=O) groups is 1. The van der Waals surface area contributed by atoms with Gasteiger partial charge in [0.05, 0.1) is 6.04 Å². The molecular formula is C13H28N2O. The van der Waals surface area contributed by atoms with E-state index >= 15 is 0 Å². The van der Waals surface area contributed by atoms with Crippen LogP contribution in [0.1, 0.15) is 64.7 Å². The number of ketones is 1. The lowest BCUT2D eigenvalue weighted by Crippen LogP contribution is -2.30. The van der Waals surface area contributed by atoms with E-state index in [1.54, 1.807) is 0 Å². The second-order valence-electron chi connectivity index (χ2n) is 4.52. The molecule has 0 saturated heterocycles. The molecular weight excluding hydrogens is 200 g/mol. The van der Waals surface area contributed by atoms with Gasteiger partial charge < -0.3 is 11.5 Å². The molecule has 0 aliphatic carbocycles. The molecule has 96 valence electrons. The molecule has 0 amide bonds. The summed E-state index contributed by atoms with van der Waals surface area (Å²) >= 11 is 0. The third kappa shape index (κ3) is 8.86. The molecule has 0 rings (SSSR count). The highest BCUT2D eigenvalue weighted by Crippen LogP contribution is 2.08. The third-order valence-electron chi connectivity index (χ3n) is 2.91. The minimum Gasteiger partial charge on any atom is -0.330 e. The summed E-state index contributed by atoms with van der Waals surface area (Å²) in [6.45, 7) is 2.89. The van der Waals surface area contributed by atoms with Crippen molar-refractivity contribution in [3.05, 3.63) is 0 Å². The third-order valence-corrected chi connectivity index (χ3v) is 2.91. The molecule has 3 nitrogen and oxygen atoms in total. The maximum atomic E-state index is 11.6. The van der Waals surface area contributed by atoms with Gasteiger partial charge in [0.2, 0.25) is 0 Å². The van der Waals surface area contributed by atoms with E-state index in [-0.39, 0.29) is 11.8 Å². The lowest BCUT2D eigenvalue weighted by Gasteiger charge is -2.09. The molecule has 0 aliphatic heterocycles. The zero-order chi connectivity index (χ0) is 12.2. The highest BCUT2D eigenvalue weighted by molar-refractivity contribution is 5.83. The van der Waals surface area contributed by atoms with Crippen LogP contribution in [0.15, 0.2) is 0 Å². The van der Waals surface area contributed by atoms with Gasteiger partial charge in [0.15, 0.2) is 0 Å². The van der Waals surface area contributed by atoms with E-state index < -0.39 is 0 Å². The first-order chi connectivity index (χ1) is 7.72. The SMILES string of the molecule is CCCCCCCC(=O)[C@@H](N)CCCCN. The second kappa shape index (κ2) is 11.1. The van der Waals surface area contributed by atoms with Crippen LogP contribution < -0.4 is 11.5 Å². The van der Waals surface area contributed by atoms with Crippen molar-refractivity contribution in [3.63, 3.8) is 0 Å². The standard InChI is InChI=1S/C13H28N2O/c1-2-3-4-5-6-10-13(16)12(15)9-7-8-11-14/h12H,2-11,14-15H2,1H3/t12-/m0/s1. The lowest BCUT2D eigenvalue weighted by atomic mass is 10.0. The Morgan fingerprint density at radius 3 is 2.38 bits per heavy atom. The topological polar surface area (TPSA) is 69.1 Å². The summed E-state index contributed by atoms with van der Waals surface area (Å²) in [5, 5.41) is 0. The maximum absolute atomic E-state index is 11.6. The highest BCUT2D eigenvalue weighted by atomic mass is 16.1. The predicted molar refractivity (Wildman–Crippen MR) is 69.3 cm³/mol. The van der Waals surface area contributed by atoms with Gasteiger partial charge in [0, 0.05) is 6.42 Å². The van der Waals surface area contributed by atoms with Crippen LogP contribution in [-0.4, -0.2) is 18.4 Å². The van der Waals surface area contributed by atoms with Crippen molar-refractivity contribution in [1.29, 1.82) is 0 Å². The molecule has 0 saturated carbocycles. The molecule has 1 atom stereocenters. The van der Waals surface area contributed by atoms with E-state index in [2.05, 4.69) is 6.92 Å². The van der Waals surface area contributed by atoms with Crippen LogP contribution in [-0.2, 0) is 4.79 Å². The van der Waals surface area contributed by atoms with Crippen LogP contribution in [0.4, 0.5) is 0 Å². The lowest BCUT2D eigenvalue weighted by molar-refractivity contribution is -0.120. The predicted octanol–water partition coefficient (Wildman–Crippen LogP) is 2.37. The Labute approximate surface area is 100.0 Å². The normalized spacial score (nSPS) is 12.7. The number of hydrogen-bond acceptors (Lipinski definition) is 3. The first-order valence-electron chi connectivity index (χ1n) is 6.70. The van der Waals surface area contributed by atoms with Crippen LogP contribution in [0.2, 0.25) is 0 Å². The first-order valence-corrected chi connectivity index (χ1v) is 6.70. The molecule has 0 fully saturated rings. The Morgan fingerprint density at radius 2 is 1.75 bits per heavy atom. The summed E-state index contributed by atoms with van der Waals surface area (Å²) < 4.78 is 0. The molecule has 0 aliphatic rings. The van der Waals surface area contributed by atoms with Crippen molar-refractivity contribution in [2.75, 3.05) is 6.54 Å². The number of rotatable bonds is 11. The van der Waals surface area contributed by atoms with Gasteiger partial charge in [0.25, 0.3) is 0 Å². The van der Waals surface area contributed by atoms with E-state index in [0.29, 0.717) is 13.0 Å². The maximum Gasteiger partial charge on any atom is 0.149 e. The summed E-state index contributed by atoms with van der Waals surface area (Å²) in [5.74, 6) is 0.230. The quantitative estimate of drug-likeness (QED) is 0.533.